The minimum Gasteiger partial charge on any atom is -0.383 e. The van der Waals surface area contributed by atoms with Gasteiger partial charge in [-0.2, -0.15) is 0 Å². The molecule has 1 heterocycles. The van der Waals surface area contributed by atoms with Crippen molar-refractivity contribution >= 4 is 18.3 Å². The molecule has 0 saturated carbocycles. The van der Waals surface area contributed by atoms with Gasteiger partial charge < -0.3 is 15.4 Å². The fourth-order valence-electron chi connectivity index (χ4n) is 2.54. The van der Waals surface area contributed by atoms with Gasteiger partial charge >= 0.3 is 0 Å². The van der Waals surface area contributed by atoms with Crippen molar-refractivity contribution in [1.82, 2.24) is 4.90 Å². The van der Waals surface area contributed by atoms with E-state index in [0.717, 1.165) is 13.0 Å². The van der Waals surface area contributed by atoms with Crippen LogP contribution < -0.4 is 5.73 Å². The predicted octanol–water partition coefficient (Wildman–Crippen LogP) is 1.53. The Bertz CT molecular complexity index is 439. The molecule has 1 aromatic rings. The Morgan fingerprint density at radius 3 is 2.89 bits per heavy atom. The molecule has 0 aliphatic carbocycles. The number of carbonyl (C=O) groups is 1. The molecule has 1 aliphatic rings. The molecule has 0 spiro atoms. The molecule has 106 valence electrons. The summed E-state index contributed by atoms with van der Waals surface area (Å²) in [5, 5.41) is 0. The lowest BCUT2D eigenvalue weighted by atomic mass is 9.93. The van der Waals surface area contributed by atoms with Crippen molar-refractivity contribution < 1.29 is 9.53 Å². The zero-order valence-electron chi connectivity index (χ0n) is 11.3. The van der Waals surface area contributed by atoms with Crippen molar-refractivity contribution in [2.24, 2.45) is 5.73 Å². The Kier molecular flexibility index (Phi) is 5.79. The molecule has 5 heteroatoms. The molecule has 0 bridgehead atoms. The van der Waals surface area contributed by atoms with E-state index >= 15 is 0 Å². The molecule has 2 unspecified atom stereocenters. The molecule has 0 saturated heterocycles. The summed E-state index contributed by atoms with van der Waals surface area (Å²) in [4.78, 5) is 14.1. The van der Waals surface area contributed by atoms with Gasteiger partial charge in [0.05, 0.1) is 12.6 Å². The van der Waals surface area contributed by atoms with Gasteiger partial charge in [0.2, 0.25) is 5.91 Å². The van der Waals surface area contributed by atoms with E-state index in [1.54, 1.807) is 7.11 Å². The summed E-state index contributed by atoms with van der Waals surface area (Å²) < 4.78 is 4.95. The van der Waals surface area contributed by atoms with Crippen LogP contribution in [0.4, 0.5) is 0 Å². The van der Waals surface area contributed by atoms with Crippen LogP contribution in [0.3, 0.4) is 0 Å². The molecule has 2 N–H and O–H groups in total. The zero-order valence-corrected chi connectivity index (χ0v) is 12.2. The molecular weight excluding hydrogens is 264 g/mol. The highest BCUT2D eigenvalue weighted by Crippen LogP contribution is 2.29. The zero-order chi connectivity index (χ0) is 13.1. The summed E-state index contributed by atoms with van der Waals surface area (Å²) in [6, 6.07) is 7.79. The highest BCUT2D eigenvalue weighted by molar-refractivity contribution is 5.85. The molecular formula is C14H21ClN2O2. The number of rotatable bonds is 3. The molecule has 2 rings (SSSR count). The van der Waals surface area contributed by atoms with Crippen LogP contribution >= 0.6 is 12.4 Å². The second kappa shape index (κ2) is 6.89. The maximum Gasteiger partial charge on any atom is 0.242 e. The molecule has 19 heavy (non-hydrogen) atoms. The van der Waals surface area contributed by atoms with E-state index in [1.807, 2.05) is 17.0 Å². The Hall–Kier alpha value is -1.10. The minimum absolute atomic E-state index is 0. The number of hydrogen-bond acceptors (Lipinski definition) is 3. The van der Waals surface area contributed by atoms with Crippen LogP contribution in [0.5, 0.6) is 0 Å². The summed E-state index contributed by atoms with van der Waals surface area (Å²) in [5.41, 5.74) is 8.38. The fourth-order valence-corrected chi connectivity index (χ4v) is 2.54. The molecule has 0 radical (unpaired) electrons. The molecule has 0 fully saturated rings. The Morgan fingerprint density at radius 1 is 1.53 bits per heavy atom. The summed E-state index contributed by atoms with van der Waals surface area (Å²) in [6.07, 6.45) is 0.895. The Morgan fingerprint density at radius 2 is 2.21 bits per heavy atom. The van der Waals surface area contributed by atoms with E-state index in [0.29, 0.717) is 0 Å². The topological polar surface area (TPSA) is 55.6 Å². The van der Waals surface area contributed by atoms with Gasteiger partial charge in [-0.3, -0.25) is 4.79 Å². The van der Waals surface area contributed by atoms with Gasteiger partial charge in [-0.05, 0) is 24.5 Å². The lowest BCUT2D eigenvalue weighted by Crippen LogP contribution is -2.49. The number of benzene rings is 1. The van der Waals surface area contributed by atoms with Gasteiger partial charge in [0, 0.05) is 13.7 Å². The van der Waals surface area contributed by atoms with Crippen LogP contribution in [0.15, 0.2) is 24.3 Å². The maximum absolute atomic E-state index is 12.2. The average Bonchev–Trinajstić information content (AvgIpc) is 2.39. The lowest BCUT2D eigenvalue weighted by molar-refractivity contribution is -0.136. The summed E-state index contributed by atoms with van der Waals surface area (Å²) in [7, 11) is 1.56. The smallest absolute Gasteiger partial charge is 0.242 e. The van der Waals surface area contributed by atoms with Crippen LogP contribution in [0, 0.1) is 0 Å². The number of methoxy groups -OCH3 is 1. The third-order valence-corrected chi connectivity index (χ3v) is 3.54. The standard InChI is InChI=1S/C14H20N2O2.ClH/c1-10-12-6-4-3-5-11(12)7-8-16(10)14(17)13(15)9-18-2;/h3-6,10,13H,7-9,15H2,1-2H3;1H. The van der Waals surface area contributed by atoms with Crippen molar-refractivity contribution in [2.45, 2.75) is 25.4 Å². The predicted molar refractivity (Wildman–Crippen MR) is 77.4 cm³/mol. The highest BCUT2D eigenvalue weighted by Gasteiger charge is 2.30. The summed E-state index contributed by atoms with van der Waals surface area (Å²) >= 11 is 0. The number of halogens is 1. The highest BCUT2D eigenvalue weighted by atomic mass is 35.5. The van der Waals surface area contributed by atoms with Crippen LogP contribution in [0.1, 0.15) is 24.1 Å². The first kappa shape index (κ1) is 16.0. The number of carbonyl (C=O) groups excluding carboxylic acids is 1. The van der Waals surface area contributed by atoms with E-state index in [1.165, 1.54) is 11.1 Å². The van der Waals surface area contributed by atoms with Crippen molar-refractivity contribution in [3.63, 3.8) is 0 Å². The van der Waals surface area contributed by atoms with Crippen LogP contribution in [0.25, 0.3) is 0 Å². The monoisotopic (exact) mass is 284 g/mol. The minimum atomic E-state index is -0.567. The second-order valence-corrected chi connectivity index (χ2v) is 4.72. The largest absolute Gasteiger partial charge is 0.383 e. The number of nitrogens with two attached hydrogens (primary N) is 1. The number of fused-ring (bicyclic) bond motifs is 1. The second-order valence-electron chi connectivity index (χ2n) is 4.72. The SMILES string of the molecule is COCC(N)C(=O)N1CCc2ccccc2C1C.Cl. The van der Waals surface area contributed by atoms with Gasteiger partial charge in [-0.1, -0.05) is 24.3 Å². The Balaban J connectivity index is 0.00000180. The number of amides is 1. The normalized spacial score (nSPS) is 19.3. The van der Waals surface area contributed by atoms with E-state index in [4.69, 9.17) is 10.5 Å². The molecule has 1 aromatic carbocycles. The number of ether oxygens (including phenoxy) is 1. The van der Waals surface area contributed by atoms with Crippen molar-refractivity contribution in [2.75, 3.05) is 20.3 Å². The van der Waals surface area contributed by atoms with E-state index < -0.39 is 6.04 Å². The van der Waals surface area contributed by atoms with Crippen molar-refractivity contribution in [1.29, 1.82) is 0 Å². The number of nitrogens with zero attached hydrogens (tertiary/aromatic N) is 1. The molecule has 0 aromatic heterocycles. The lowest BCUT2D eigenvalue weighted by Gasteiger charge is -2.36. The maximum atomic E-state index is 12.2. The van der Waals surface area contributed by atoms with Gasteiger partial charge in [0.25, 0.3) is 0 Å². The van der Waals surface area contributed by atoms with Crippen LogP contribution in [-0.4, -0.2) is 37.1 Å². The van der Waals surface area contributed by atoms with Crippen LogP contribution in [-0.2, 0) is 16.0 Å². The Labute approximate surface area is 120 Å². The first-order valence-electron chi connectivity index (χ1n) is 6.28. The van der Waals surface area contributed by atoms with E-state index in [9.17, 15) is 4.79 Å². The van der Waals surface area contributed by atoms with E-state index in [2.05, 4.69) is 19.1 Å². The third kappa shape index (κ3) is 3.26. The van der Waals surface area contributed by atoms with Crippen molar-refractivity contribution in [3.05, 3.63) is 35.4 Å². The van der Waals surface area contributed by atoms with Gasteiger partial charge in [-0.25, -0.2) is 0 Å². The molecule has 1 amide bonds. The summed E-state index contributed by atoms with van der Waals surface area (Å²) in [5.74, 6) is -0.0288. The quantitative estimate of drug-likeness (QED) is 0.916. The fraction of sp³-hybridized carbons (Fsp3) is 0.500. The molecule has 1 aliphatic heterocycles. The van der Waals surface area contributed by atoms with Crippen LogP contribution in [0.2, 0.25) is 0 Å². The van der Waals surface area contributed by atoms with Gasteiger partial charge in [-0.15, -0.1) is 12.4 Å². The molecule has 2 atom stereocenters. The van der Waals surface area contributed by atoms with Gasteiger partial charge in [0.15, 0.2) is 0 Å². The first-order valence-corrected chi connectivity index (χ1v) is 6.28. The molecule has 4 nitrogen and oxygen atoms in total. The van der Waals surface area contributed by atoms with E-state index in [-0.39, 0.29) is 31.0 Å². The summed E-state index contributed by atoms with van der Waals surface area (Å²) in [6.45, 7) is 3.05. The third-order valence-electron chi connectivity index (χ3n) is 3.54. The number of hydrogen-bond donors (Lipinski definition) is 1. The average molecular weight is 285 g/mol. The van der Waals surface area contributed by atoms with Crippen molar-refractivity contribution in [3.8, 4) is 0 Å². The van der Waals surface area contributed by atoms with Gasteiger partial charge in [0.1, 0.15) is 6.04 Å². The first-order chi connectivity index (χ1) is 8.65.